The summed E-state index contributed by atoms with van der Waals surface area (Å²) in [6, 6.07) is 0. The van der Waals surface area contributed by atoms with Gasteiger partial charge >= 0.3 is 25.4 Å². The summed E-state index contributed by atoms with van der Waals surface area (Å²) >= 11 is 0. The summed E-state index contributed by atoms with van der Waals surface area (Å²) in [5.74, 6) is 0. The average Bonchev–Trinajstić information content (AvgIpc) is 2.19. The molecule has 37 heavy (non-hydrogen) atoms. The first-order valence-electron chi connectivity index (χ1n) is 5.75. The third kappa shape index (κ3) is 72.1. The van der Waals surface area contributed by atoms with Crippen molar-refractivity contribution < 1.29 is 142 Å². The van der Waals surface area contributed by atoms with E-state index in [-0.39, 0.29) is 21.1 Å². The molecule has 33 heteroatoms. The quantitative estimate of drug-likeness (QED) is 0.204. The Hall–Kier alpha value is -0.672. The Balaban J connectivity index is -0.000000122. The van der Waals surface area contributed by atoms with Gasteiger partial charge in [-0.15, -0.1) is 52.7 Å². The van der Waals surface area contributed by atoms with Crippen molar-refractivity contribution in [3.05, 3.63) is 0 Å². The van der Waals surface area contributed by atoms with Crippen LogP contribution in [0.3, 0.4) is 0 Å². The minimum absolute atomic E-state index is 0. The molecule has 0 heterocycles. The van der Waals surface area contributed by atoms with Gasteiger partial charge < -0.3 is 18.2 Å². The van der Waals surface area contributed by atoms with Crippen LogP contribution >= 0.6 is 0 Å². The van der Waals surface area contributed by atoms with Crippen molar-refractivity contribution in [2.45, 2.75) is 25.4 Å². The number of halogens is 12. The zero-order valence-corrected chi connectivity index (χ0v) is 21.3. The molecule has 0 aromatic carbocycles. The van der Waals surface area contributed by atoms with Gasteiger partial charge in [0.1, 0.15) is 0 Å². The summed E-state index contributed by atoms with van der Waals surface area (Å²) < 4.78 is 247. The molecule has 0 radical (unpaired) electrons. The Bertz CT molecular complexity index is 889. The van der Waals surface area contributed by atoms with Crippen molar-refractivity contribution in [1.82, 2.24) is 0 Å². The van der Waals surface area contributed by atoms with Crippen molar-refractivity contribution in [2.75, 3.05) is 0 Å². The first-order valence-corrected chi connectivity index (χ1v) is 11.1. The predicted molar refractivity (Wildman–Crippen MR) is 67.3 cm³/mol. The van der Waals surface area contributed by atoms with Crippen LogP contribution in [0, 0.1) is 0 Å². The van der Waals surface area contributed by atoms with Gasteiger partial charge in [0.25, 0.3) is 0 Å². The van der Waals surface area contributed by atoms with Gasteiger partial charge in [-0.25, -0.2) is 33.7 Å². The molecule has 0 bridgehead atoms. The van der Waals surface area contributed by atoms with Crippen molar-refractivity contribution >= 4 is 41.6 Å². The molecule has 0 aromatic heterocycles. The zero-order valence-electron chi connectivity index (χ0n) is 15.1. The summed E-state index contributed by atoms with van der Waals surface area (Å²) in [6.07, 6.45) is -21.7. The summed E-state index contributed by atoms with van der Waals surface area (Å²) in [6.45, 7) is 0. The topological polar surface area (TPSA) is 266 Å². The summed E-state index contributed by atoms with van der Waals surface area (Å²) in [5, 5.41) is 0. The van der Waals surface area contributed by atoms with Crippen LogP contribution in [0.15, 0.2) is 0 Å². The molecule has 0 saturated carbocycles. The van der Waals surface area contributed by atoms with E-state index >= 15 is 0 Å². The van der Waals surface area contributed by atoms with Gasteiger partial charge in [0.15, 0.2) is 0 Å². The molecule has 0 atom stereocenters. The molecule has 0 spiro atoms. The third-order valence-electron chi connectivity index (χ3n) is 0.786. The van der Waals surface area contributed by atoms with Gasteiger partial charge in [0.2, 0.25) is 41.6 Å². The summed E-state index contributed by atoms with van der Waals surface area (Å²) in [5.41, 5.74) is 0. The van der Waals surface area contributed by atoms with E-state index in [9.17, 15) is 52.7 Å². The molecule has 0 amide bonds. The monoisotopic (exact) mass is 844 g/mol. The summed E-state index contributed by atoms with van der Waals surface area (Å²) in [4.78, 5) is 0. The molecule has 0 N–H and O–H groups in total. The molecular weight excluding hydrogens is 844 g/mol. The first kappa shape index (κ1) is 46.2. The molecule has 0 aromatic rings. The maximum atomic E-state index is 10.8. The van der Waals surface area contributed by atoms with Crippen LogP contribution in [-0.4, -0.2) is 77.3 Å². The fraction of sp³-hybridized carbons (Fsp3) is 1.00. The van der Waals surface area contributed by atoms with Gasteiger partial charge in [0, 0.05) is 21.1 Å². The first-order chi connectivity index (χ1) is 14.8. The van der Waals surface area contributed by atoms with E-state index in [0.717, 1.165) is 0 Å². The van der Waals surface area contributed by atoms with Crippen LogP contribution in [0.4, 0.5) is 52.7 Å². The molecule has 16 nitrogen and oxygen atoms in total. The van der Waals surface area contributed by atoms with Crippen LogP contribution in [0.1, 0.15) is 0 Å². The minimum Gasteiger partial charge on any atom is -0.725 e. The van der Waals surface area contributed by atoms with Gasteiger partial charge in [-0.05, 0) is 0 Å². The normalized spacial score (nSPS) is 13.4. The Labute approximate surface area is 209 Å². The smallest absolute Gasteiger partial charge is 0.536 e. The van der Waals surface area contributed by atoms with Gasteiger partial charge in [-0.1, -0.05) is 0 Å². The van der Waals surface area contributed by atoms with E-state index in [4.69, 9.17) is 51.9 Å². The van der Waals surface area contributed by atoms with Gasteiger partial charge in [-0.3, -0.25) is 0 Å². The second-order valence-corrected chi connectivity index (χ2v) is 7.68. The fourth-order valence-electron chi connectivity index (χ4n) is 0.463. The predicted octanol–water partition coefficient (Wildman–Crippen LogP) is -0.0705. The van der Waals surface area contributed by atoms with Crippen LogP contribution in [0.5, 0.6) is 0 Å². The van der Waals surface area contributed by atoms with E-state index in [1.54, 1.807) is 0 Å². The number of rotatable bonds is 4. The Morgan fingerprint density at radius 1 is 0.351 bits per heavy atom. The minimum atomic E-state index is -5.66. The van der Waals surface area contributed by atoms with Crippen molar-refractivity contribution in [3.63, 3.8) is 0 Å². The molecule has 0 fully saturated rings. The maximum absolute atomic E-state index is 10.8. The van der Waals surface area contributed by atoms with Crippen LogP contribution in [0.25, 0.3) is 0 Å². The largest absolute Gasteiger partial charge is 0.725 e. The van der Waals surface area contributed by atoms with Gasteiger partial charge in [0.05, 0.1) is 0 Å². The maximum Gasteiger partial charge on any atom is 0.536 e. The van der Waals surface area contributed by atoms with E-state index in [1.807, 2.05) is 16.7 Å². The molecular formula is C4F12O16S4W-4. The Kier molecular flexibility index (Phi) is 19.7. The third-order valence-corrected chi connectivity index (χ3v) is 2.36. The van der Waals surface area contributed by atoms with Crippen LogP contribution < -0.4 is 0 Å². The van der Waals surface area contributed by atoms with Crippen molar-refractivity contribution in [2.24, 2.45) is 0 Å². The van der Waals surface area contributed by atoms with E-state index in [2.05, 4.69) is 0 Å². The zero-order chi connectivity index (χ0) is 30.8. The van der Waals surface area contributed by atoms with Crippen molar-refractivity contribution in [3.8, 4) is 0 Å². The molecule has 0 saturated heterocycles. The van der Waals surface area contributed by atoms with E-state index in [1.165, 1.54) is 0 Å². The standard InChI is InChI=1S/4CHF3O4S.W/c4*2-1(3,4)8-9(5,6)7;/h4*(H,5,6,7);/p-4. The molecule has 0 rings (SSSR count). The second-order valence-electron chi connectivity index (χ2n) is 3.75. The van der Waals surface area contributed by atoms with Crippen molar-refractivity contribution in [1.29, 1.82) is 0 Å². The number of alkyl halides is 12. The van der Waals surface area contributed by atoms with Crippen LogP contribution in [-0.2, 0) is 79.4 Å². The van der Waals surface area contributed by atoms with Crippen LogP contribution in [0.2, 0.25) is 0 Å². The molecule has 0 aliphatic rings. The number of hydrogen-bond acceptors (Lipinski definition) is 16. The van der Waals surface area contributed by atoms with E-state index < -0.39 is 67.0 Å². The molecule has 0 unspecified atom stereocenters. The van der Waals surface area contributed by atoms with Gasteiger partial charge in [-0.2, -0.15) is 16.7 Å². The number of hydrogen-bond donors (Lipinski definition) is 0. The molecule has 0 aliphatic carbocycles. The molecule has 230 valence electrons. The summed E-state index contributed by atoms with van der Waals surface area (Å²) in [7, 11) is -22.6. The average molecular weight is 844 g/mol. The SMILES string of the molecule is O=S(=O)([O-])OC(F)(F)F.O=S(=O)([O-])OC(F)(F)F.O=S(=O)([O-])OC(F)(F)F.O=S(=O)([O-])OC(F)(F)F.[W]. The fourth-order valence-corrected chi connectivity index (χ4v) is 1.39. The molecule has 0 aliphatic heterocycles. The Morgan fingerprint density at radius 2 is 0.432 bits per heavy atom. The Morgan fingerprint density at radius 3 is 0.432 bits per heavy atom. The van der Waals surface area contributed by atoms with E-state index in [0.29, 0.717) is 0 Å². The second kappa shape index (κ2) is 15.8.